The van der Waals surface area contributed by atoms with E-state index in [0.717, 1.165) is 102 Å². The number of nitrogens with one attached hydrogen (secondary N) is 3. The van der Waals surface area contributed by atoms with Crippen LogP contribution in [0.1, 0.15) is 123 Å². The average molecular weight is 1700 g/mol. The SMILES string of the molecule is C=c1nc2c(c(=O)[nH]1)=Nc1cc(C)c(C)cc1N2CC(=O)N1CCC(C(=O)O)CC1.CC(=O)[C@H]1CC[C@@H](N(C)CCn2c3nc(=O)[nH]c(=O)c-3nc3cc(C)c(C)cc32)C1.Cc1cc2nc3c(=O)n(C)c(=O)nc-3n(CCN3CCC(C(=O)O)C3)c2cc1C.Cc1cc2nc3c(=O)n(C)c(=O)nc-3n(CCN3CCC(C(=O)O)CC3)c2cc1NC1CCCC1. The summed E-state index contributed by atoms with van der Waals surface area (Å²) in [4.78, 5) is 195. The summed E-state index contributed by atoms with van der Waals surface area (Å²) < 4.78 is 7.67. The van der Waals surface area contributed by atoms with Crippen molar-refractivity contribution in [3.8, 4) is 34.6 Å². The first-order valence-electron chi connectivity index (χ1n) is 42.2. The van der Waals surface area contributed by atoms with Crippen LogP contribution in [0.2, 0.25) is 0 Å². The summed E-state index contributed by atoms with van der Waals surface area (Å²) in [6, 6.07) is 16.6. The van der Waals surface area contributed by atoms with Gasteiger partial charge in [0.05, 0.1) is 62.2 Å². The van der Waals surface area contributed by atoms with Crippen LogP contribution in [-0.4, -0.2) is 217 Å². The molecule has 10 aliphatic heterocycles. The van der Waals surface area contributed by atoms with E-state index in [0.29, 0.717) is 168 Å². The molecular formula is C88H105N21O15. The number of Topliss-reactive ketones (excluding diaryl/α,β-unsaturated/α-hetero) is 1. The maximum absolute atomic E-state index is 13.1. The summed E-state index contributed by atoms with van der Waals surface area (Å²) in [5.41, 5.74) is 11.3. The maximum Gasteiger partial charge on any atom is 0.352 e. The van der Waals surface area contributed by atoms with Crippen LogP contribution in [0.15, 0.2) is 87.1 Å². The number of carbonyl (C=O) groups excluding carboxylic acids is 2. The number of aromatic nitrogens is 14. The van der Waals surface area contributed by atoms with Crippen LogP contribution in [-0.2, 0) is 57.7 Å². The number of H-pyrrole nitrogens is 2. The fourth-order valence-electron chi connectivity index (χ4n) is 17.6. The van der Waals surface area contributed by atoms with Crippen LogP contribution in [0.5, 0.6) is 0 Å². The molecule has 0 spiro atoms. The lowest BCUT2D eigenvalue weighted by molar-refractivity contribution is -0.145. The Morgan fingerprint density at radius 2 is 0.992 bits per heavy atom. The highest BCUT2D eigenvalue weighted by atomic mass is 16.4. The third-order valence-corrected chi connectivity index (χ3v) is 25.7. The number of amides is 1. The number of ketones is 1. The first-order chi connectivity index (χ1) is 59.0. The molecule has 4 aromatic carbocycles. The lowest BCUT2D eigenvalue weighted by Gasteiger charge is -2.33. The zero-order chi connectivity index (χ0) is 88.7. The minimum Gasteiger partial charge on any atom is -0.481 e. The molecule has 11 heterocycles. The minimum atomic E-state index is -0.820. The van der Waals surface area contributed by atoms with Crippen molar-refractivity contribution >= 4 is 92.2 Å². The van der Waals surface area contributed by atoms with Gasteiger partial charge in [-0.05, 0) is 234 Å². The van der Waals surface area contributed by atoms with Crippen molar-refractivity contribution in [1.29, 1.82) is 0 Å². The summed E-state index contributed by atoms with van der Waals surface area (Å²) >= 11 is 0. The molecule has 2 aliphatic carbocycles. The van der Waals surface area contributed by atoms with Crippen LogP contribution in [0.4, 0.5) is 22.9 Å². The Hall–Kier alpha value is -12.7. The summed E-state index contributed by atoms with van der Waals surface area (Å²) in [5, 5.41) is 31.5. The fourth-order valence-corrected chi connectivity index (χ4v) is 17.6. The fraction of sp³-hybridized carbons (Fsp3) is 0.477. The normalized spacial score (nSPS) is 17.7. The molecule has 5 fully saturated rings. The van der Waals surface area contributed by atoms with E-state index in [1.165, 1.54) is 26.9 Å². The van der Waals surface area contributed by atoms with E-state index in [4.69, 9.17) is 0 Å². The summed E-state index contributed by atoms with van der Waals surface area (Å²) in [6.45, 7) is 26.3. The van der Waals surface area contributed by atoms with Gasteiger partial charge in [0.25, 0.3) is 22.2 Å². The number of carbonyl (C=O) groups is 5. The first-order valence-corrected chi connectivity index (χ1v) is 42.2. The molecule has 36 heteroatoms. The molecule has 0 radical (unpaired) electrons. The van der Waals surface area contributed by atoms with Crippen LogP contribution in [0.25, 0.3) is 74.2 Å². The molecule has 3 saturated heterocycles. The van der Waals surface area contributed by atoms with Crippen LogP contribution >= 0.6 is 0 Å². The number of hydrogen-bond donors (Lipinski definition) is 6. The molecular weight excluding hydrogens is 1590 g/mol. The van der Waals surface area contributed by atoms with Gasteiger partial charge >= 0.3 is 35.0 Å². The van der Waals surface area contributed by atoms with Gasteiger partial charge in [-0.15, -0.1) is 0 Å². The molecule has 12 aliphatic rings. The van der Waals surface area contributed by atoms with Gasteiger partial charge < -0.3 is 63.8 Å². The Labute approximate surface area is 710 Å². The Bertz CT molecular complexity index is 6540. The van der Waals surface area contributed by atoms with Crippen molar-refractivity contribution in [3.63, 3.8) is 0 Å². The van der Waals surface area contributed by atoms with Crippen molar-refractivity contribution in [2.24, 2.45) is 42.8 Å². The number of aryl methyl sites for hydroxylation is 7. The second-order valence-corrected chi connectivity index (χ2v) is 34.0. The zero-order valence-corrected chi connectivity index (χ0v) is 71.8. The number of carboxylic acids is 3. The smallest absolute Gasteiger partial charge is 0.352 e. The van der Waals surface area contributed by atoms with Gasteiger partial charge in [-0.2, -0.15) is 15.0 Å². The number of piperidine rings is 2. The van der Waals surface area contributed by atoms with Crippen molar-refractivity contribution in [2.75, 3.05) is 82.7 Å². The van der Waals surface area contributed by atoms with E-state index in [9.17, 15) is 72.9 Å². The van der Waals surface area contributed by atoms with Crippen LogP contribution in [0, 0.1) is 72.1 Å². The molecule has 124 heavy (non-hydrogen) atoms. The van der Waals surface area contributed by atoms with Gasteiger partial charge in [0.2, 0.25) is 5.91 Å². The molecule has 1 amide bonds. The van der Waals surface area contributed by atoms with Crippen LogP contribution in [0.3, 0.4) is 0 Å². The molecule has 1 unspecified atom stereocenters. The Balaban J connectivity index is 0.000000135. The van der Waals surface area contributed by atoms with Crippen molar-refractivity contribution < 1.29 is 39.3 Å². The van der Waals surface area contributed by atoms with E-state index in [1.807, 2.05) is 105 Å². The lowest BCUT2D eigenvalue weighted by Crippen LogP contribution is -2.48. The van der Waals surface area contributed by atoms with E-state index in [1.54, 1.807) is 16.7 Å². The Kier molecular flexibility index (Phi) is 25.7. The van der Waals surface area contributed by atoms with Crippen molar-refractivity contribution in [3.05, 3.63) is 171 Å². The molecule has 6 N–H and O–H groups in total. The van der Waals surface area contributed by atoms with E-state index >= 15 is 0 Å². The number of anilines is 3. The van der Waals surface area contributed by atoms with Crippen LogP contribution < -0.4 is 60.4 Å². The standard InChI is InChI=1S/C25H32N6O4.C22H27N5O3.C21H23N5O4.C20H23N5O4/c1-15-13-19-20(14-18(15)26-17-5-3-4-6-17)31(12-11-30-9-7-16(8-10-30)24(33)34)22-21(27-19)23(32)29(2)25(35)28-22;1-12-9-17-18(10-13(12)2)27(20-19(23-17)21(29)25-22(30)24-20)8-7-26(4)16-6-5-15(11-16)14(3)28;1-11-8-15-16(9-12(11)2)26(19-18(24-15)20(28)23-13(3)22-19)10-17(27)25-6-4-14(5-7-25)21(29)30;1-11-8-14-15(9-12(11)2)25(7-6-24-5-4-13(10-24)19(27)28)17-16(21-14)18(26)23(3)20(29)22-17/h13-14,16-17,26H,3-12H2,1-2H3,(H,33,34);9-10,15-16H,5-8,11H2,1-4H3,(H,25,29,30);8-9,14H,3-7,10H2,1-2H3,(H,23,28)(H,29,30);8-9,13H,4-7,10H2,1-3H3,(H,27,28)/t;15-,16+;;/m.0../s1. The van der Waals surface area contributed by atoms with Gasteiger partial charge in [0, 0.05) is 96.7 Å². The third-order valence-electron chi connectivity index (χ3n) is 25.7. The predicted molar refractivity (Wildman–Crippen MR) is 466 cm³/mol. The molecule has 17 rings (SSSR count). The number of likely N-dealkylation sites (N-methyl/N-ethyl adjacent to an activating group) is 1. The van der Waals surface area contributed by atoms with Gasteiger partial charge in [-0.1, -0.05) is 19.4 Å². The lowest BCUT2D eigenvalue weighted by atomic mass is 9.97. The summed E-state index contributed by atoms with van der Waals surface area (Å²) in [6.07, 6.45) is 10.3. The number of benzene rings is 4. The molecule has 5 aromatic rings. The van der Waals surface area contributed by atoms with E-state index in [-0.39, 0.29) is 69.7 Å². The first kappa shape index (κ1) is 87.6. The van der Waals surface area contributed by atoms with Gasteiger partial charge in [0.1, 0.15) is 17.8 Å². The number of aromatic amines is 2. The Morgan fingerprint density at radius 1 is 0.508 bits per heavy atom. The summed E-state index contributed by atoms with van der Waals surface area (Å²) in [7, 11) is 4.87. The second kappa shape index (κ2) is 36.4. The minimum absolute atomic E-state index is 0.0222. The zero-order valence-electron chi connectivity index (χ0n) is 71.8. The molecule has 36 nitrogen and oxygen atoms in total. The van der Waals surface area contributed by atoms with Gasteiger partial charge in [0.15, 0.2) is 45.7 Å². The molecule has 652 valence electrons. The number of fused-ring (bicyclic) bond motifs is 8. The number of nitrogens with zero attached hydrogens (tertiary/aromatic N) is 18. The quantitative estimate of drug-likeness (QED) is 0.0609. The highest BCUT2D eigenvalue weighted by molar-refractivity contribution is 5.89. The largest absolute Gasteiger partial charge is 0.481 e. The molecule has 1 aromatic heterocycles. The topological polar surface area (TPSA) is 453 Å². The second-order valence-electron chi connectivity index (χ2n) is 34.0. The molecule has 3 atom stereocenters. The third kappa shape index (κ3) is 18.5. The number of aliphatic carboxylic acids is 3. The van der Waals surface area contributed by atoms with E-state index < -0.39 is 63.1 Å². The van der Waals surface area contributed by atoms with Crippen molar-refractivity contribution in [1.82, 2.24) is 87.3 Å². The monoisotopic (exact) mass is 1700 g/mol. The number of likely N-dealkylation sites (tertiary alicyclic amines) is 3. The number of carboxylic acid groups (broad SMARTS) is 3. The summed E-state index contributed by atoms with van der Waals surface area (Å²) in [5.74, 6) is -1.94. The predicted octanol–water partition coefficient (Wildman–Crippen LogP) is 5.09. The maximum atomic E-state index is 13.1. The average Bonchev–Trinajstić information content (AvgIpc) is 0.849. The van der Waals surface area contributed by atoms with Crippen molar-refractivity contribution in [2.45, 2.75) is 164 Å². The van der Waals surface area contributed by atoms with E-state index in [2.05, 4.69) is 89.6 Å². The molecule has 0 bridgehead atoms. The Morgan fingerprint density at radius 3 is 1.54 bits per heavy atom. The number of rotatable bonds is 18. The number of hydrogen-bond acceptors (Lipinski definition) is 25. The molecule has 2 saturated carbocycles. The van der Waals surface area contributed by atoms with Gasteiger partial charge in [-0.25, -0.2) is 39.3 Å². The highest BCUT2D eigenvalue weighted by Crippen LogP contribution is 2.38. The highest BCUT2D eigenvalue weighted by Gasteiger charge is 2.35. The van der Waals surface area contributed by atoms with Gasteiger partial charge in [-0.3, -0.25) is 57.3 Å².